The number of aliphatic imine (C=N–C) groups is 1. The second kappa shape index (κ2) is 12.6. The van der Waals surface area contributed by atoms with Gasteiger partial charge >= 0.3 is 0 Å². The van der Waals surface area contributed by atoms with E-state index in [-0.39, 0.29) is 0 Å². The first-order chi connectivity index (χ1) is 11.2. The average Bonchev–Trinajstić information content (AvgIpc) is 2.50. The van der Waals surface area contributed by atoms with Crippen LogP contribution in [0.2, 0.25) is 0 Å². The molecular weight excluding hydrogens is 288 g/mol. The van der Waals surface area contributed by atoms with Crippen LogP contribution in [0.15, 0.2) is 4.99 Å². The van der Waals surface area contributed by atoms with E-state index in [0.29, 0.717) is 0 Å². The molecule has 0 amide bonds. The van der Waals surface area contributed by atoms with Crippen LogP contribution in [-0.2, 0) is 4.74 Å². The van der Waals surface area contributed by atoms with Gasteiger partial charge < -0.3 is 20.3 Å². The van der Waals surface area contributed by atoms with Crippen molar-refractivity contribution in [3.8, 4) is 0 Å². The number of rotatable bonds is 10. The van der Waals surface area contributed by atoms with Crippen LogP contribution in [0.1, 0.15) is 47.0 Å². The van der Waals surface area contributed by atoms with Gasteiger partial charge in [-0.3, -0.25) is 4.99 Å². The van der Waals surface area contributed by atoms with Gasteiger partial charge in [0.25, 0.3) is 0 Å². The van der Waals surface area contributed by atoms with E-state index in [4.69, 9.17) is 4.74 Å². The first-order valence-electron chi connectivity index (χ1n) is 9.47. The van der Waals surface area contributed by atoms with E-state index in [1.165, 1.54) is 32.5 Å². The van der Waals surface area contributed by atoms with E-state index >= 15 is 0 Å². The van der Waals surface area contributed by atoms with Gasteiger partial charge in [0.05, 0.1) is 6.61 Å². The fraction of sp³-hybridized carbons (Fsp3) is 0.944. The van der Waals surface area contributed by atoms with Crippen molar-refractivity contribution in [1.82, 2.24) is 15.5 Å². The SMILES string of the molecule is CCNC(=NCCCCN1CC(C)CC(C)C1)NCCOCC. The topological polar surface area (TPSA) is 48.9 Å². The lowest BCUT2D eigenvalue weighted by atomic mass is 9.92. The normalized spacial score (nSPS) is 23.0. The highest BCUT2D eigenvalue weighted by molar-refractivity contribution is 5.79. The number of piperidine rings is 1. The van der Waals surface area contributed by atoms with Crippen LogP contribution in [0.25, 0.3) is 0 Å². The maximum absolute atomic E-state index is 5.34. The number of guanidine groups is 1. The molecule has 0 aliphatic carbocycles. The molecule has 0 spiro atoms. The third-order valence-electron chi connectivity index (χ3n) is 4.18. The number of nitrogens with zero attached hydrogens (tertiary/aromatic N) is 2. The van der Waals surface area contributed by atoms with Crippen LogP contribution in [0, 0.1) is 11.8 Å². The summed E-state index contributed by atoms with van der Waals surface area (Å²) in [6.07, 6.45) is 3.78. The van der Waals surface area contributed by atoms with Gasteiger partial charge in [-0.2, -0.15) is 0 Å². The zero-order chi connectivity index (χ0) is 16.9. The van der Waals surface area contributed by atoms with Crippen molar-refractivity contribution in [2.45, 2.75) is 47.0 Å². The Morgan fingerprint density at radius 3 is 2.52 bits per heavy atom. The quantitative estimate of drug-likeness (QED) is 0.367. The second-order valence-electron chi connectivity index (χ2n) is 6.80. The van der Waals surface area contributed by atoms with Crippen LogP contribution in [0.4, 0.5) is 0 Å². The third-order valence-corrected chi connectivity index (χ3v) is 4.18. The minimum absolute atomic E-state index is 0.728. The van der Waals surface area contributed by atoms with Gasteiger partial charge in [-0.05, 0) is 51.5 Å². The number of hydrogen-bond donors (Lipinski definition) is 2. The van der Waals surface area contributed by atoms with Crippen molar-refractivity contribution in [2.75, 3.05) is 52.5 Å². The lowest BCUT2D eigenvalue weighted by molar-refractivity contribution is 0.139. The first kappa shape index (κ1) is 20.2. The highest BCUT2D eigenvalue weighted by atomic mass is 16.5. The van der Waals surface area contributed by atoms with Gasteiger partial charge in [-0.15, -0.1) is 0 Å². The fourth-order valence-corrected chi connectivity index (χ4v) is 3.34. The Labute approximate surface area is 143 Å². The number of unbranched alkanes of at least 4 members (excludes halogenated alkanes) is 1. The standard InChI is InChI=1S/C18H38N4O/c1-5-19-18(21-10-12-23-6-2)20-9-7-8-11-22-14-16(3)13-17(4)15-22/h16-17H,5-15H2,1-4H3,(H2,19,20,21). The van der Waals surface area contributed by atoms with Gasteiger partial charge in [0.15, 0.2) is 5.96 Å². The number of nitrogens with one attached hydrogen (secondary N) is 2. The van der Waals surface area contributed by atoms with Crippen molar-refractivity contribution in [3.63, 3.8) is 0 Å². The molecule has 1 aliphatic heterocycles. The van der Waals surface area contributed by atoms with E-state index in [9.17, 15) is 0 Å². The number of likely N-dealkylation sites (tertiary alicyclic amines) is 1. The Balaban J connectivity index is 2.16. The molecule has 23 heavy (non-hydrogen) atoms. The maximum Gasteiger partial charge on any atom is 0.191 e. The first-order valence-corrected chi connectivity index (χ1v) is 9.47. The van der Waals surface area contributed by atoms with Crippen molar-refractivity contribution in [1.29, 1.82) is 0 Å². The van der Waals surface area contributed by atoms with E-state index in [1.54, 1.807) is 0 Å². The van der Waals surface area contributed by atoms with Crippen molar-refractivity contribution in [2.24, 2.45) is 16.8 Å². The lowest BCUT2D eigenvalue weighted by Crippen LogP contribution is -2.39. The van der Waals surface area contributed by atoms with Gasteiger partial charge in [0.1, 0.15) is 0 Å². The number of hydrogen-bond acceptors (Lipinski definition) is 3. The molecule has 136 valence electrons. The van der Waals surface area contributed by atoms with Crippen molar-refractivity contribution in [3.05, 3.63) is 0 Å². The van der Waals surface area contributed by atoms with Crippen molar-refractivity contribution < 1.29 is 4.74 Å². The molecule has 1 saturated heterocycles. The minimum atomic E-state index is 0.728. The summed E-state index contributed by atoms with van der Waals surface area (Å²) in [7, 11) is 0. The molecule has 0 aromatic heterocycles. The largest absolute Gasteiger partial charge is 0.380 e. The molecule has 2 atom stereocenters. The minimum Gasteiger partial charge on any atom is -0.380 e. The van der Waals surface area contributed by atoms with Crippen molar-refractivity contribution >= 4 is 5.96 Å². The van der Waals surface area contributed by atoms with Crippen LogP contribution in [0.3, 0.4) is 0 Å². The van der Waals surface area contributed by atoms with Crippen LogP contribution in [-0.4, -0.2) is 63.3 Å². The molecule has 1 aliphatic rings. The molecule has 1 rings (SSSR count). The Hall–Kier alpha value is -0.810. The summed E-state index contributed by atoms with van der Waals surface area (Å²) in [6, 6.07) is 0. The summed E-state index contributed by atoms with van der Waals surface area (Å²) >= 11 is 0. The molecule has 5 nitrogen and oxygen atoms in total. The fourth-order valence-electron chi connectivity index (χ4n) is 3.34. The smallest absolute Gasteiger partial charge is 0.191 e. The van der Waals surface area contributed by atoms with Gasteiger partial charge in [0.2, 0.25) is 0 Å². The van der Waals surface area contributed by atoms with Gasteiger partial charge in [-0.1, -0.05) is 13.8 Å². The monoisotopic (exact) mass is 326 g/mol. The van der Waals surface area contributed by atoms with E-state index in [1.807, 2.05) is 6.92 Å². The predicted molar refractivity (Wildman–Crippen MR) is 99.1 cm³/mol. The third kappa shape index (κ3) is 9.82. The molecule has 1 heterocycles. The van der Waals surface area contributed by atoms with E-state index < -0.39 is 0 Å². The van der Waals surface area contributed by atoms with E-state index in [0.717, 1.165) is 57.1 Å². The summed E-state index contributed by atoms with van der Waals surface area (Å²) in [4.78, 5) is 7.28. The predicted octanol–water partition coefficient (Wildman–Crippen LogP) is 2.34. The summed E-state index contributed by atoms with van der Waals surface area (Å²) in [5, 5.41) is 6.60. The molecule has 5 heteroatoms. The zero-order valence-electron chi connectivity index (χ0n) is 15.7. The highest BCUT2D eigenvalue weighted by Crippen LogP contribution is 2.20. The van der Waals surface area contributed by atoms with Gasteiger partial charge in [-0.25, -0.2) is 0 Å². The Morgan fingerprint density at radius 1 is 1.13 bits per heavy atom. The molecule has 0 radical (unpaired) electrons. The molecular formula is C18H38N4O. The van der Waals surface area contributed by atoms with Gasteiger partial charge in [0, 0.05) is 39.3 Å². The second-order valence-corrected chi connectivity index (χ2v) is 6.80. The molecule has 0 bridgehead atoms. The molecule has 0 aromatic rings. The molecule has 1 fully saturated rings. The summed E-state index contributed by atoms with van der Waals surface area (Å²) in [5.41, 5.74) is 0. The van der Waals surface area contributed by atoms with Crippen LogP contribution < -0.4 is 10.6 Å². The van der Waals surface area contributed by atoms with E-state index in [2.05, 4.69) is 41.3 Å². The lowest BCUT2D eigenvalue weighted by Gasteiger charge is -2.34. The molecule has 2 unspecified atom stereocenters. The average molecular weight is 327 g/mol. The van der Waals surface area contributed by atoms with Crippen LogP contribution >= 0.6 is 0 Å². The Bertz CT molecular complexity index is 312. The maximum atomic E-state index is 5.34. The van der Waals surface area contributed by atoms with Crippen LogP contribution in [0.5, 0.6) is 0 Å². The zero-order valence-corrected chi connectivity index (χ0v) is 15.7. The highest BCUT2D eigenvalue weighted by Gasteiger charge is 2.20. The molecule has 0 aromatic carbocycles. The summed E-state index contributed by atoms with van der Waals surface area (Å²) < 4.78 is 5.34. The Morgan fingerprint density at radius 2 is 1.87 bits per heavy atom. The summed E-state index contributed by atoms with van der Waals surface area (Å²) in [5.74, 6) is 2.62. The summed E-state index contributed by atoms with van der Waals surface area (Å²) in [6.45, 7) is 16.7. The Kier molecular flexibility index (Phi) is 11.1. The molecule has 0 saturated carbocycles. The molecule has 2 N–H and O–H groups in total. The number of ether oxygens (including phenoxy) is 1.